The molecule has 146 valence electrons. The van der Waals surface area contributed by atoms with Gasteiger partial charge in [-0.1, -0.05) is 0 Å². The number of aryl methyl sites for hydroxylation is 3. The molecule has 3 aromatic rings. The van der Waals surface area contributed by atoms with Crippen LogP contribution in [0, 0.1) is 6.92 Å². The van der Waals surface area contributed by atoms with E-state index in [1.54, 1.807) is 13.0 Å². The zero-order valence-corrected chi connectivity index (χ0v) is 15.6. The Morgan fingerprint density at radius 2 is 1.86 bits per heavy atom. The van der Waals surface area contributed by atoms with E-state index in [0.717, 1.165) is 47.8 Å². The van der Waals surface area contributed by atoms with Crippen LogP contribution >= 0.6 is 0 Å². The molecule has 0 atom stereocenters. The highest BCUT2D eigenvalue weighted by Gasteiger charge is 2.21. The summed E-state index contributed by atoms with van der Waals surface area (Å²) in [5.41, 5.74) is 2.76. The number of carbonyl (C=O) groups is 2. The fourth-order valence-corrected chi connectivity index (χ4v) is 3.88. The van der Waals surface area contributed by atoms with Crippen LogP contribution in [-0.4, -0.2) is 18.4 Å². The molecular formula is C21H20NO6-. The highest BCUT2D eigenvalue weighted by atomic mass is 16.4. The van der Waals surface area contributed by atoms with Gasteiger partial charge in [-0.15, -0.1) is 0 Å². The smallest absolute Gasteiger partial charge is 0.340 e. The first-order chi connectivity index (χ1) is 13.4. The van der Waals surface area contributed by atoms with Gasteiger partial charge in [0.25, 0.3) is 0 Å². The van der Waals surface area contributed by atoms with Gasteiger partial charge in [0.1, 0.15) is 16.9 Å². The molecule has 0 bridgehead atoms. The molecule has 0 radical (unpaired) electrons. The predicted molar refractivity (Wildman–Crippen MR) is 100.0 cm³/mol. The van der Waals surface area contributed by atoms with Gasteiger partial charge in [0.15, 0.2) is 0 Å². The first-order valence-corrected chi connectivity index (χ1v) is 9.41. The lowest BCUT2D eigenvalue weighted by molar-refractivity contribution is -0.305. The number of hydrogen-bond acceptors (Lipinski definition) is 6. The van der Waals surface area contributed by atoms with Gasteiger partial charge < -0.3 is 24.1 Å². The lowest BCUT2D eigenvalue weighted by Crippen LogP contribution is -2.32. The van der Waals surface area contributed by atoms with Crippen molar-refractivity contribution in [3.05, 3.63) is 45.0 Å². The Morgan fingerprint density at radius 3 is 2.64 bits per heavy atom. The van der Waals surface area contributed by atoms with Gasteiger partial charge in [0, 0.05) is 47.8 Å². The van der Waals surface area contributed by atoms with Crippen LogP contribution in [0.4, 0.5) is 0 Å². The molecule has 1 aliphatic rings. The van der Waals surface area contributed by atoms with Gasteiger partial charge in [-0.3, -0.25) is 4.79 Å². The number of carbonyl (C=O) groups excluding carboxylic acids is 2. The third-order valence-corrected chi connectivity index (χ3v) is 5.35. The first kappa shape index (κ1) is 18.3. The molecule has 2 heterocycles. The molecule has 0 aliphatic heterocycles. The predicted octanol–water partition coefficient (Wildman–Crippen LogP) is 1.53. The second-order valence-electron chi connectivity index (χ2n) is 7.20. The van der Waals surface area contributed by atoms with Crippen LogP contribution in [0.1, 0.15) is 41.7 Å². The zero-order valence-electron chi connectivity index (χ0n) is 15.6. The quantitative estimate of drug-likeness (QED) is 0.670. The largest absolute Gasteiger partial charge is 0.550 e. The lowest BCUT2D eigenvalue weighted by atomic mass is 9.94. The number of aliphatic carboxylic acids is 1. The van der Waals surface area contributed by atoms with Gasteiger partial charge in [-0.2, -0.15) is 0 Å². The summed E-state index contributed by atoms with van der Waals surface area (Å²) in [4.78, 5) is 34.9. The van der Waals surface area contributed by atoms with E-state index in [0.29, 0.717) is 11.1 Å². The molecule has 0 fully saturated rings. The molecule has 1 aliphatic carbocycles. The SMILES string of the molecule is Cc1c(CC(=O)NCCC(=O)[O-])c(=O)oc2cc3oc4c(c3cc12)CCCC4. The Labute approximate surface area is 160 Å². The molecule has 0 saturated carbocycles. The average Bonchev–Trinajstić information content (AvgIpc) is 3.01. The third-order valence-electron chi connectivity index (χ3n) is 5.35. The van der Waals surface area contributed by atoms with Gasteiger partial charge in [-0.05, 0) is 37.8 Å². The number of fused-ring (bicyclic) bond motifs is 4. The van der Waals surface area contributed by atoms with Crippen LogP contribution < -0.4 is 16.0 Å². The van der Waals surface area contributed by atoms with Crippen molar-refractivity contribution in [3.63, 3.8) is 0 Å². The zero-order chi connectivity index (χ0) is 19.8. The molecule has 1 aromatic carbocycles. The van der Waals surface area contributed by atoms with Crippen molar-refractivity contribution >= 4 is 33.8 Å². The van der Waals surface area contributed by atoms with E-state index in [4.69, 9.17) is 8.83 Å². The van der Waals surface area contributed by atoms with Gasteiger partial charge in [0.2, 0.25) is 5.91 Å². The van der Waals surface area contributed by atoms with E-state index in [1.165, 1.54) is 5.56 Å². The number of nitrogens with one attached hydrogen (secondary N) is 1. The highest BCUT2D eigenvalue weighted by molar-refractivity contribution is 5.97. The maximum atomic E-state index is 12.4. The maximum absolute atomic E-state index is 12.4. The van der Waals surface area contributed by atoms with Crippen molar-refractivity contribution in [3.8, 4) is 0 Å². The summed E-state index contributed by atoms with van der Waals surface area (Å²) in [5.74, 6) is -0.670. The van der Waals surface area contributed by atoms with Crippen LogP contribution in [0.25, 0.3) is 21.9 Å². The van der Waals surface area contributed by atoms with Crippen LogP contribution in [0.3, 0.4) is 0 Å². The fourth-order valence-electron chi connectivity index (χ4n) is 3.88. The van der Waals surface area contributed by atoms with E-state index >= 15 is 0 Å². The Morgan fingerprint density at radius 1 is 1.11 bits per heavy atom. The summed E-state index contributed by atoms with van der Waals surface area (Å²) in [7, 11) is 0. The summed E-state index contributed by atoms with van der Waals surface area (Å²) >= 11 is 0. The topological polar surface area (TPSA) is 113 Å². The monoisotopic (exact) mass is 382 g/mol. The van der Waals surface area contributed by atoms with Crippen LogP contribution in [0.15, 0.2) is 25.8 Å². The molecular weight excluding hydrogens is 362 g/mol. The third kappa shape index (κ3) is 3.28. The highest BCUT2D eigenvalue weighted by Crippen LogP contribution is 2.35. The van der Waals surface area contributed by atoms with Crippen LogP contribution in [0.2, 0.25) is 0 Å². The minimum Gasteiger partial charge on any atom is -0.550 e. The van der Waals surface area contributed by atoms with Crippen molar-refractivity contribution in [2.75, 3.05) is 6.54 Å². The van der Waals surface area contributed by atoms with Crippen molar-refractivity contribution in [2.24, 2.45) is 0 Å². The summed E-state index contributed by atoms with van der Waals surface area (Å²) in [6.07, 6.45) is 3.68. The number of hydrogen-bond donors (Lipinski definition) is 1. The molecule has 1 N–H and O–H groups in total. The molecule has 7 heteroatoms. The second kappa shape index (κ2) is 7.14. The summed E-state index contributed by atoms with van der Waals surface area (Å²) in [6.45, 7) is 1.75. The fraction of sp³-hybridized carbons (Fsp3) is 0.381. The standard InChI is InChI=1S/C21H21NO6/c1-11-13-8-15-12-4-2-3-5-16(12)27-18(15)10-17(13)28-21(26)14(11)9-19(23)22-7-6-20(24)25/h8,10H,2-7,9H2,1H3,(H,22,23)(H,24,25)/p-1. The Kier molecular flexibility index (Phi) is 4.66. The number of benzene rings is 1. The number of furan rings is 1. The molecule has 0 unspecified atom stereocenters. The van der Waals surface area contributed by atoms with E-state index in [2.05, 4.69) is 5.32 Å². The average molecular weight is 382 g/mol. The van der Waals surface area contributed by atoms with E-state index in [1.807, 2.05) is 6.07 Å². The minimum atomic E-state index is -1.24. The number of carboxylic acid groups (broad SMARTS) is 1. The van der Waals surface area contributed by atoms with Crippen LogP contribution in [-0.2, 0) is 28.9 Å². The molecule has 2 aromatic heterocycles. The Balaban J connectivity index is 1.72. The van der Waals surface area contributed by atoms with Gasteiger partial charge >= 0.3 is 5.63 Å². The minimum absolute atomic E-state index is 0.0408. The van der Waals surface area contributed by atoms with Gasteiger partial charge in [0.05, 0.1) is 12.0 Å². The number of rotatable bonds is 5. The van der Waals surface area contributed by atoms with Crippen molar-refractivity contribution in [1.82, 2.24) is 5.32 Å². The summed E-state index contributed by atoms with van der Waals surface area (Å²) in [5, 5.41) is 14.7. The Bertz CT molecular complexity index is 1150. The number of carboxylic acids is 1. The van der Waals surface area contributed by atoms with E-state index in [9.17, 15) is 19.5 Å². The lowest BCUT2D eigenvalue weighted by Gasteiger charge is -2.10. The number of amides is 1. The maximum Gasteiger partial charge on any atom is 0.340 e. The van der Waals surface area contributed by atoms with Crippen LogP contribution in [0.5, 0.6) is 0 Å². The summed E-state index contributed by atoms with van der Waals surface area (Å²) in [6, 6.07) is 3.73. The summed E-state index contributed by atoms with van der Waals surface area (Å²) < 4.78 is 11.4. The molecule has 4 rings (SSSR count). The van der Waals surface area contributed by atoms with Crippen molar-refractivity contribution in [1.29, 1.82) is 0 Å². The van der Waals surface area contributed by atoms with E-state index < -0.39 is 17.5 Å². The second-order valence-corrected chi connectivity index (χ2v) is 7.20. The molecule has 1 amide bonds. The Hall–Kier alpha value is -3.09. The van der Waals surface area contributed by atoms with E-state index in [-0.39, 0.29) is 24.9 Å². The molecule has 7 nitrogen and oxygen atoms in total. The first-order valence-electron chi connectivity index (χ1n) is 9.41. The van der Waals surface area contributed by atoms with Crippen molar-refractivity contribution < 1.29 is 23.5 Å². The molecule has 0 spiro atoms. The normalized spacial score (nSPS) is 13.6. The molecule has 28 heavy (non-hydrogen) atoms. The van der Waals surface area contributed by atoms with Gasteiger partial charge in [-0.25, -0.2) is 4.79 Å². The molecule has 0 saturated heterocycles. The van der Waals surface area contributed by atoms with Crippen molar-refractivity contribution in [2.45, 2.75) is 45.4 Å².